The molecular formula is C10H11NO4. The molecule has 0 aliphatic rings. The third-order valence-electron chi connectivity index (χ3n) is 1.67. The van der Waals surface area contributed by atoms with Crippen molar-refractivity contribution in [3.8, 4) is 0 Å². The van der Waals surface area contributed by atoms with Crippen LogP contribution in [0.3, 0.4) is 0 Å². The van der Waals surface area contributed by atoms with Gasteiger partial charge in [0.1, 0.15) is 6.61 Å². The highest BCUT2D eigenvalue weighted by Gasteiger charge is 2.06. The molecule has 5 heteroatoms. The van der Waals surface area contributed by atoms with E-state index < -0.39 is 11.9 Å². The van der Waals surface area contributed by atoms with Gasteiger partial charge in [-0.2, -0.15) is 0 Å². The fourth-order valence-electron chi connectivity index (χ4n) is 0.928. The van der Waals surface area contributed by atoms with Crippen molar-refractivity contribution in [2.75, 3.05) is 0 Å². The Balaban J connectivity index is 2.26. The van der Waals surface area contributed by atoms with Crippen LogP contribution in [-0.2, 0) is 20.9 Å². The van der Waals surface area contributed by atoms with Gasteiger partial charge in [-0.25, -0.2) is 0 Å². The van der Waals surface area contributed by atoms with Crippen LogP contribution in [0.1, 0.15) is 18.4 Å². The molecular weight excluding hydrogens is 198 g/mol. The van der Waals surface area contributed by atoms with Gasteiger partial charge in [-0.3, -0.25) is 14.6 Å². The highest BCUT2D eigenvalue weighted by atomic mass is 16.5. The van der Waals surface area contributed by atoms with Crippen molar-refractivity contribution in [3.05, 3.63) is 30.1 Å². The number of ether oxygens (including phenoxy) is 1. The molecule has 0 aliphatic carbocycles. The minimum absolute atomic E-state index is 0.102. The minimum Gasteiger partial charge on any atom is -0.481 e. The van der Waals surface area contributed by atoms with Crippen LogP contribution in [0.4, 0.5) is 0 Å². The van der Waals surface area contributed by atoms with Gasteiger partial charge in [0, 0.05) is 18.0 Å². The summed E-state index contributed by atoms with van der Waals surface area (Å²) < 4.78 is 4.84. The summed E-state index contributed by atoms with van der Waals surface area (Å²) in [6.07, 6.45) is 2.90. The van der Waals surface area contributed by atoms with Gasteiger partial charge in [-0.1, -0.05) is 6.07 Å². The SMILES string of the molecule is O=C(O)CCC(=O)OCc1cccnc1. The van der Waals surface area contributed by atoms with Gasteiger partial charge in [0.25, 0.3) is 0 Å². The molecule has 0 atom stereocenters. The average Bonchev–Trinajstić information content (AvgIpc) is 2.25. The molecule has 0 aliphatic heterocycles. The van der Waals surface area contributed by atoms with Crippen LogP contribution in [0.2, 0.25) is 0 Å². The largest absolute Gasteiger partial charge is 0.481 e. The van der Waals surface area contributed by atoms with Crippen LogP contribution in [0.5, 0.6) is 0 Å². The summed E-state index contributed by atoms with van der Waals surface area (Å²) in [5, 5.41) is 8.33. The Morgan fingerprint density at radius 3 is 2.80 bits per heavy atom. The van der Waals surface area contributed by atoms with Crippen molar-refractivity contribution in [1.82, 2.24) is 4.98 Å². The number of esters is 1. The van der Waals surface area contributed by atoms with E-state index in [-0.39, 0.29) is 19.4 Å². The van der Waals surface area contributed by atoms with Gasteiger partial charge in [0.2, 0.25) is 0 Å². The summed E-state index contributed by atoms with van der Waals surface area (Å²) in [6.45, 7) is 0.131. The van der Waals surface area contributed by atoms with Crippen molar-refractivity contribution < 1.29 is 19.4 Å². The Kier molecular flexibility index (Phi) is 4.28. The van der Waals surface area contributed by atoms with E-state index in [9.17, 15) is 9.59 Å². The van der Waals surface area contributed by atoms with Gasteiger partial charge in [-0.05, 0) is 6.07 Å². The zero-order chi connectivity index (χ0) is 11.1. The Bertz CT molecular complexity index is 337. The summed E-state index contributed by atoms with van der Waals surface area (Å²) in [6, 6.07) is 3.51. The number of carbonyl (C=O) groups excluding carboxylic acids is 1. The molecule has 0 spiro atoms. The molecule has 1 rings (SSSR count). The first-order valence-electron chi connectivity index (χ1n) is 4.45. The number of rotatable bonds is 5. The molecule has 0 radical (unpaired) electrons. The van der Waals surface area contributed by atoms with E-state index in [1.165, 1.54) is 0 Å². The van der Waals surface area contributed by atoms with Crippen molar-refractivity contribution in [2.24, 2.45) is 0 Å². The van der Waals surface area contributed by atoms with E-state index in [0.717, 1.165) is 5.56 Å². The number of carboxylic acid groups (broad SMARTS) is 1. The van der Waals surface area contributed by atoms with Gasteiger partial charge in [0.15, 0.2) is 0 Å². The molecule has 0 fully saturated rings. The van der Waals surface area contributed by atoms with Crippen LogP contribution in [-0.4, -0.2) is 22.0 Å². The maximum absolute atomic E-state index is 11.0. The number of pyridine rings is 1. The quantitative estimate of drug-likeness (QED) is 0.732. The number of carboxylic acids is 1. The van der Waals surface area contributed by atoms with E-state index in [2.05, 4.69) is 4.98 Å². The lowest BCUT2D eigenvalue weighted by Gasteiger charge is -2.02. The molecule has 1 aromatic rings. The molecule has 0 saturated heterocycles. The molecule has 1 aromatic heterocycles. The predicted molar refractivity (Wildman–Crippen MR) is 50.9 cm³/mol. The first kappa shape index (κ1) is 11.2. The number of hydrogen-bond acceptors (Lipinski definition) is 4. The van der Waals surface area contributed by atoms with E-state index in [4.69, 9.17) is 9.84 Å². The lowest BCUT2D eigenvalue weighted by molar-refractivity contribution is -0.148. The Labute approximate surface area is 86.7 Å². The summed E-state index contributed by atoms with van der Waals surface area (Å²) in [4.78, 5) is 25.0. The third kappa shape index (κ3) is 4.75. The zero-order valence-electron chi connectivity index (χ0n) is 8.05. The average molecular weight is 209 g/mol. The predicted octanol–water partition coefficient (Wildman–Crippen LogP) is 0.990. The zero-order valence-corrected chi connectivity index (χ0v) is 8.05. The lowest BCUT2D eigenvalue weighted by Crippen LogP contribution is -2.07. The van der Waals surface area contributed by atoms with E-state index in [1.54, 1.807) is 24.5 Å². The lowest BCUT2D eigenvalue weighted by atomic mass is 10.3. The smallest absolute Gasteiger partial charge is 0.306 e. The molecule has 0 amide bonds. The second-order valence-corrected chi connectivity index (χ2v) is 2.92. The van der Waals surface area contributed by atoms with Gasteiger partial charge < -0.3 is 9.84 Å². The number of carbonyl (C=O) groups is 2. The molecule has 0 saturated carbocycles. The minimum atomic E-state index is -1.01. The third-order valence-corrected chi connectivity index (χ3v) is 1.67. The second-order valence-electron chi connectivity index (χ2n) is 2.92. The van der Waals surface area contributed by atoms with Crippen LogP contribution in [0.15, 0.2) is 24.5 Å². The summed E-state index contributed by atoms with van der Waals surface area (Å²) >= 11 is 0. The standard InChI is InChI=1S/C10H11NO4/c12-9(13)3-4-10(14)15-7-8-2-1-5-11-6-8/h1-2,5-6H,3-4,7H2,(H,12,13). The van der Waals surface area contributed by atoms with Crippen molar-refractivity contribution in [2.45, 2.75) is 19.4 Å². The monoisotopic (exact) mass is 209 g/mol. The van der Waals surface area contributed by atoms with Gasteiger partial charge in [0.05, 0.1) is 12.8 Å². The Morgan fingerprint density at radius 2 is 2.20 bits per heavy atom. The van der Waals surface area contributed by atoms with Crippen molar-refractivity contribution in [1.29, 1.82) is 0 Å². The maximum atomic E-state index is 11.0. The fourth-order valence-corrected chi connectivity index (χ4v) is 0.928. The number of aliphatic carboxylic acids is 1. The van der Waals surface area contributed by atoms with Crippen LogP contribution in [0, 0.1) is 0 Å². The van der Waals surface area contributed by atoms with E-state index >= 15 is 0 Å². The molecule has 0 bridgehead atoms. The van der Waals surface area contributed by atoms with E-state index in [0.29, 0.717) is 0 Å². The molecule has 1 heterocycles. The van der Waals surface area contributed by atoms with Gasteiger partial charge >= 0.3 is 11.9 Å². The number of aromatic nitrogens is 1. The molecule has 5 nitrogen and oxygen atoms in total. The normalized spacial score (nSPS) is 9.60. The molecule has 0 unspecified atom stereocenters. The van der Waals surface area contributed by atoms with Crippen molar-refractivity contribution >= 4 is 11.9 Å². The number of nitrogens with zero attached hydrogens (tertiary/aromatic N) is 1. The highest BCUT2D eigenvalue weighted by Crippen LogP contribution is 2.00. The Morgan fingerprint density at radius 1 is 1.40 bits per heavy atom. The van der Waals surface area contributed by atoms with Crippen LogP contribution in [0.25, 0.3) is 0 Å². The van der Waals surface area contributed by atoms with E-state index in [1.807, 2.05) is 0 Å². The topological polar surface area (TPSA) is 76.5 Å². The Hall–Kier alpha value is -1.91. The molecule has 0 aromatic carbocycles. The summed E-state index contributed by atoms with van der Waals surface area (Å²) in [5.74, 6) is -1.52. The maximum Gasteiger partial charge on any atom is 0.306 e. The summed E-state index contributed by atoms with van der Waals surface area (Å²) in [5.41, 5.74) is 0.779. The first-order chi connectivity index (χ1) is 7.18. The summed E-state index contributed by atoms with van der Waals surface area (Å²) in [7, 11) is 0. The number of hydrogen-bond donors (Lipinski definition) is 1. The molecule has 1 N–H and O–H groups in total. The van der Waals surface area contributed by atoms with Crippen LogP contribution >= 0.6 is 0 Å². The first-order valence-corrected chi connectivity index (χ1v) is 4.45. The fraction of sp³-hybridized carbons (Fsp3) is 0.300. The highest BCUT2D eigenvalue weighted by molar-refractivity contribution is 5.76. The van der Waals surface area contributed by atoms with Crippen LogP contribution < -0.4 is 0 Å². The van der Waals surface area contributed by atoms with Crippen molar-refractivity contribution in [3.63, 3.8) is 0 Å². The molecule has 15 heavy (non-hydrogen) atoms. The van der Waals surface area contributed by atoms with Gasteiger partial charge in [-0.15, -0.1) is 0 Å². The molecule has 80 valence electrons. The second kappa shape index (κ2) is 5.74.